The summed E-state index contributed by atoms with van der Waals surface area (Å²) in [5, 5.41) is 5.49. The lowest BCUT2D eigenvalue weighted by Crippen LogP contribution is -2.28. The van der Waals surface area contributed by atoms with Crippen LogP contribution in [0.25, 0.3) is 0 Å². The second kappa shape index (κ2) is 8.63. The van der Waals surface area contributed by atoms with Gasteiger partial charge in [-0.05, 0) is 60.6 Å². The van der Waals surface area contributed by atoms with E-state index in [0.717, 1.165) is 17.0 Å². The molecule has 33 heavy (non-hydrogen) atoms. The first-order chi connectivity index (χ1) is 16.0. The van der Waals surface area contributed by atoms with Gasteiger partial charge in [0.05, 0.1) is 29.7 Å². The Morgan fingerprint density at radius 2 is 1.76 bits per heavy atom. The van der Waals surface area contributed by atoms with Crippen molar-refractivity contribution in [3.05, 3.63) is 70.5 Å². The van der Waals surface area contributed by atoms with Gasteiger partial charge in [0.15, 0.2) is 11.5 Å². The standard InChI is InChI=1S/C25H22ClFN2O4/c1-2-32-20-10-15(9-19(26)23(20)33-13-14-3-7-18(27)8-4-14)12-28-29-24(30)21-16-5-6-17(11-16)22(21)25(29)31/h3-10,12,16-17,21-22H,2,11,13H2,1H3/t16-,17-,21-,22+/m0/s1. The van der Waals surface area contributed by atoms with Crippen LogP contribution in [0.1, 0.15) is 24.5 Å². The summed E-state index contributed by atoms with van der Waals surface area (Å²) in [6, 6.07) is 9.30. The van der Waals surface area contributed by atoms with E-state index in [-0.39, 0.29) is 47.9 Å². The van der Waals surface area contributed by atoms with Crippen molar-refractivity contribution in [1.29, 1.82) is 0 Å². The Balaban J connectivity index is 1.34. The number of fused-ring (bicyclic) bond motifs is 5. The lowest BCUT2D eigenvalue weighted by atomic mass is 9.85. The van der Waals surface area contributed by atoms with E-state index >= 15 is 0 Å². The zero-order valence-electron chi connectivity index (χ0n) is 17.9. The van der Waals surface area contributed by atoms with Crippen molar-refractivity contribution in [2.45, 2.75) is 20.0 Å². The number of hydrogen-bond acceptors (Lipinski definition) is 5. The van der Waals surface area contributed by atoms with E-state index < -0.39 is 0 Å². The predicted octanol–water partition coefficient (Wildman–Crippen LogP) is 4.60. The van der Waals surface area contributed by atoms with Crippen LogP contribution in [0.15, 0.2) is 53.7 Å². The highest BCUT2D eigenvalue weighted by atomic mass is 35.5. The minimum Gasteiger partial charge on any atom is -0.490 e. The van der Waals surface area contributed by atoms with Gasteiger partial charge in [0.25, 0.3) is 11.8 Å². The molecule has 170 valence electrons. The molecule has 2 aromatic carbocycles. The molecule has 3 aliphatic rings. The monoisotopic (exact) mass is 468 g/mol. The van der Waals surface area contributed by atoms with Gasteiger partial charge in [-0.1, -0.05) is 35.9 Å². The second-order valence-corrected chi connectivity index (χ2v) is 8.82. The first kappa shape index (κ1) is 21.6. The van der Waals surface area contributed by atoms with Crippen molar-refractivity contribution >= 4 is 29.6 Å². The third-order valence-electron chi connectivity index (χ3n) is 6.40. The molecule has 2 amide bonds. The van der Waals surface area contributed by atoms with Crippen LogP contribution < -0.4 is 9.47 Å². The molecule has 2 aliphatic carbocycles. The van der Waals surface area contributed by atoms with Gasteiger partial charge < -0.3 is 9.47 Å². The van der Waals surface area contributed by atoms with Crippen molar-refractivity contribution < 1.29 is 23.5 Å². The molecule has 8 heteroatoms. The summed E-state index contributed by atoms with van der Waals surface area (Å²) in [6.45, 7) is 2.40. The molecule has 0 spiro atoms. The number of amides is 2. The predicted molar refractivity (Wildman–Crippen MR) is 121 cm³/mol. The molecule has 1 heterocycles. The topological polar surface area (TPSA) is 68.2 Å². The quantitative estimate of drug-likeness (QED) is 0.338. The lowest BCUT2D eigenvalue weighted by Gasteiger charge is -2.15. The molecule has 2 fully saturated rings. The van der Waals surface area contributed by atoms with E-state index in [9.17, 15) is 14.0 Å². The maximum Gasteiger partial charge on any atom is 0.254 e. The second-order valence-electron chi connectivity index (χ2n) is 8.41. The maximum absolute atomic E-state index is 13.1. The highest BCUT2D eigenvalue weighted by molar-refractivity contribution is 6.32. The normalized spacial score (nSPS) is 25.4. The number of carbonyl (C=O) groups excluding carboxylic acids is 2. The van der Waals surface area contributed by atoms with E-state index in [2.05, 4.69) is 5.10 Å². The fourth-order valence-corrected chi connectivity index (χ4v) is 5.20. The number of allylic oxidation sites excluding steroid dienone is 2. The Morgan fingerprint density at radius 3 is 2.39 bits per heavy atom. The van der Waals surface area contributed by atoms with Gasteiger partial charge >= 0.3 is 0 Å². The number of nitrogens with zero attached hydrogens (tertiary/aromatic N) is 2. The van der Waals surface area contributed by atoms with Crippen LogP contribution in [-0.4, -0.2) is 29.6 Å². The Bertz CT molecular complexity index is 1130. The Morgan fingerprint density at radius 1 is 1.09 bits per heavy atom. The molecule has 1 saturated carbocycles. The van der Waals surface area contributed by atoms with Crippen LogP contribution in [0.3, 0.4) is 0 Å². The molecular weight excluding hydrogens is 447 g/mol. The van der Waals surface area contributed by atoms with Crippen LogP contribution in [0.4, 0.5) is 4.39 Å². The van der Waals surface area contributed by atoms with E-state index in [1.54, 1.807) is 24.3 Å². The minimum atomic E-state index is -0.321. The van der Waals surface area contributed by atoms with Gasteiger partial charge in [-0.25, -0.2) is 4.39 Å². The Labute approximate surface area is 195 Å². The van der Waals surface area contributed by atoms with Crippen molar-refractivity contribution in [1.82, 2.24) is 5.01 Å². The summed E-state index contributed by atoms with van der Waals surface area (Å²) >= 11 is 6.46. The summed E-state index contributed by atoms with van der Waals surface area (Å²) in [6.07, 6.45) is 6.40. The average Bonchev–Trinajstić information content (AvgIpc) is 3.47. The van der Waals surface area contributed by atoms with Crippen LogP contribution in [0.2, 0.25) is 5.02 Å². The summed E-state index contributed by atoms with van der Waals surface area (Å²) in [7, 11) is 0. The molecule has 0 N–H and O–H groups in total. The van der Waals surface area contributed by atoms with Crippen LogP contribution in [0.5, 0.6) is 11.5 Å². The summed E-state index contributed by atoms with van der Waals surface area (Å²) in [5.74, 6) is -0.373. The molecular formula is C25H22ClFN2O4. The summed E-state index contributed by atoms with van der Waals surface area (Å²) < 4.78 is 24.7. The molecule has 0 aromatic heterocycles. The molecule has 2 bridgehead atoms. The van der Waals surface area contributed by atoms with Gasteiger partial charge in [-0.3, -0.25) is 9.59 Å². The lowest BCUT2D eigenvalue weighted by molar-refractivity contribution is -0.140. The molecule has 0 radical (unpaired) electrons. The number of hydrazone groups is 1. The third kappa shape index (κ3) is 3.91. The average molecular weight is 469 g/mol. The zero-order chi connectivity index (χ0) is 23.1. The van der Waals surface area contributed by atoms with Gasteiger partial charge in [-0.15, -0.1) is 0 Å². The fourth-order valence-electron chi connectivity index (χ4n) is 4.93. The van der Waals surface area contributed by atoms with Crippen LogP contribution in [-0.2, 0) is 16.2 Å². The molecule has 0 unspecified atom stereocenters. The van der Waals surface area contributed by atoms with Crippen molar-refractivity contribution in [2.75, 3.05) is 6.61 Å². The van der Waals surface area contributed by atoms with Gasteiger partial charge in [0.1, 0.15) is 12.4 Å². The molecule has 1 saturated heterocycles. The highest BCUT2D eigenvalue weighted by Crippen LogP contribution is 2.52. The van der Waals surface area contributed by atoms with Crippen LogP contribution >= 0.6 is 11.6 Å². The number of ether oxygens (including phenoxy) is 2. The van der Waals surface area contributed by atoms with Gasteiger partial charge in [0.2, 0.25) is 0 Å². The first-order valence-corrected chi connectivity index (χ1v) is 11.3. The molecule has 6 nitrogen and oxygen atoms in total. The van der Waals surface area contributed by atoms with E-state index in [1.807, 2.05) is 19.1 Å². The number of imide groups is 1. The first-order valence-electron chi connectivity index (χ1n) is 10.9. The molecule has 4 atom stereocenters. The molecule has 5 rings (SSSR count). The molecule has 2 aromatic rings. The Kier molecular flexibility index (Phi) is 5.66. The van der Waals surface area contributed by atoms with Crippen molar-refractivity contribution in [2.24, 2.45) is 28.8 Å². The summed E-state index contributed by atoms with van der Waals surface area (Å²) in [5.41, 5.74) is 1.34. The number of halogens is 2. The van der Waals surface area contributed by atoms with E-state index in [1.165, 1.54) is 18.3 Å². The molecule has 1 aliphatic heterocycles. The SMILES string of the molecule is CCOc1cc(C=NN2C(=O)[C@@H]3[C@H](C2=O)[C@H]2C=C[C@H]3C2)cc(Cl)c1OCc1ccc(F)cc1. The van der Waals surface area contributed by atoms with Crippen molar-refractivity contribution in [3.8, 4) is 11.5 Å². The van der Waals surface area contributed by atoms with E-state index in [0.29, 0.717) is 28.7 Å². The number of benzene rings is 2. The number of rotatable bonds is 7. The summed E-state index contributed by atoms with van der Waals surface area (Å²) in [4.78, 5) is 25.6. The smallest absolute Gasteiger partial charge is 0.254 e. The number of hydrogen-bond donors (Lipinski definition) is 0. The van der Waals surface area contributed by atoms with Crippen LogP contribution in [0, 0.1) is 29.5 Å². The third-order valence-corrected chi connectivity index (χ3v) is 6.68. The fraction of sp³-hybridized carbons (Fsp3) is 0.320. The van der Waals surface area contributed by atoms with Gasteiger partial charge in [0, 0.05) is 0 Å². The van der Waals surface area contributed by atoms with Crippen molar-refractivity contribution in [3.63, 3.8) is 0 Å². The van der Waals surface area contributed by atoms with E-state index in [4.69, 9.17) is 21.1 Å². The largest absolute Gasteiger partial charge is 0.490 e. The number of carbonyl (C=O) groups is 2. The van der Waals surface area contributed by atoms with Gasteiger partial charge in [-0.2, -0.15) is 10.1 Å². The Hall–Kier alpha value is -3.19. The maximum atomic E-state index is 13.1. The highest BCUT2D eigenvalue weighted by Gasteiger charge is 2.59. The minimum absolute atomic E-state index is 0.133. The zero-order valence-corrected chi connectivity index (χ0v) is 18.7.